The normalized spacial score (nSPS) is 11.5. The number of hydrogen-bond acceptors (Lipinski definition) is 5. The van der Waals surface area contributed by atoms with Gasteiger partial charge in [0, 0.05) is 18.9 Å². The van der Waals surface area contributed by atoms with Crippen molar-refractivity contribution in [2.45, 2.75) is 46.5 Å². The maximum Gasteiger partial charge on any atom is 0.204 e. The molecule has 2 heterocycles. The third-order valence-corrected chi connectivity index (χ3v) is 4.43. The number of para-hydroxylation sites is 2. The molecule has 3 aromatic rings. The summed E-state index contributed by atoms with van der Waals surface area (Å²) >= 11 is 0. The van der Waals surface area contributed by atoms with Gasteiger partial charge in [0.15, 0.2) is 5.82 Å². The molecular formula is C19H25N5O. The van der Waals surface area contributed by atoms with Gasteiger partial charge in [-0.25, -0.2) is 4.98 Å². The van der Waals surface area contributed by atoms with Gasteiger partial charge >= 0.3 is 0 Å². The first kappa shape index (κ1) is 17.3. The molecule has 0 radical (unpaired) electrons. The number of fused-ring (bicyclic) bond motifs is 3. The van der Waals surface area contributed by atoms with Crippen LogP contribution < -0.4 is 5.32 Å². The maximum absolute atomic E-state index is 11.6. The largest absolute Gasteiger partial charge is 0.367 e. The van der Waals surface area contributed by atoms with Gasteiger partial charge in [-0.3, -0.25) is 9.20 Å². The number of carbonyl (C=O) groups is 1. The molecule has 3 rings (SSSR count). The van der Waals surface area contributed by atoms with E-state index in [2.05, 4.69) is 15.5 Å². The van der Waals surface area contributed by atoms with E-state index in [4.69, 9.17) is 4.98 Å². The van der Waals surface area contributed by atoms with Gasteiger partial charge in [-0.15, -0.1) is 10.2 Å². The molecule has 0 aliphatic heterocycles. The summed E-state index contributed by atoms with van der Waals surface area (Å²) in [6.45, 7) is 6.67. The van der Waals surface area contributed by atoms with Gasteiger partial charge in [-0.1, -0.05) is 32.4 Å². The second kappa shape index (κ2) is 7.59. The molecule has 0 unspecified atom stereocenters. The summed E-state index contributed by atoms with van der Waals surface area (Å²) in [7, 11) is 0. The van der Waals surface area contributed by atoms with Gasteiger partial charge in [-0.05, 0) is 31.9 Å². The van der Waals surface area contributed by atoms with Crippen LogP contribution in [0.3, 0.4) is 0 Å². The first-order chi connectivity index (χ1) is 12.1. The van der Waals surface area contributed by atoms with Crippen molar-refractivity contribution in [3.63, 3.8) is 0 Å². The third kappa shape index (κ3) is 3.78. The van der Waals surface area contributed by atoms with E-state index in [1.165, 1.54) is 0 Å². The summed E-state index contributed by atoms with van der Waals surface area (Å²) in [6.07, 6.45) is 3.66. The number of rotatable bonds is 8. The summed E-state index contributed by atoms with van der Waals surface area (Å²) in [5.41, 5.74) is 2.69. The summed E-state index contributed by atoms with van der Waals surface area (Å²) in [6, 6.07) is 8.00. The van der Waals surface area contributed by atoms with Crippen LogP contribution in [0.5, 0.6) is 0 Å². The van der Waals surface area contributed by atoms with Crippen LogP contribution in [0.15, 0.2) is 24.3 Å². The van der Waals surface area contributed by atoms with Crippen molar-refractivity contribution in [3.05, 3.63) is 30.1 Å². The number of nitrogens with zero attached hydrogens (tertiary/aromatic N) is 4. The Kier molecular flexibility index (Phi) is 5.26. The molecule has 1 aromatic carbocycles. The Bertz CT molecular complexity index is 884. The number of Topliss-reactive ketones (excluding diaryl/α,β-unsaturated/α-hetero) is 1. The van der Waals surface area contributed by atoms with E-state index in [0.29, 0.717) is 12.2 Å². The molecule has 1 N–H and O–H groups in total. The Labute approximate surface area is 147 Å². The third-order valence-electron chi connectivity index (χ3n) is 4.43. The number of carbonyl (C=O) groups excluding carboxylic acids is 1. The highest BCUT2D eigenvalue weighted by Crippen LogP contribution is 2.21. The lowest BCUT2D eigenvalue weighted by atomic mass is 10.0. The molecule has 6 nitrogen and oxygen atoms in total. The highest BCUT2D eigenvalue weighted by atomic mass is 16.1. The number of aryl methyl sites for hydroxylation is 1. The minimum atomic E-state index is 0.143. The molecule has 6 heteroatoms. The Morgan fingerprint density at radius 3 is 2.76 bits per heavy atom. The van der Waals surface area contributed by atoms with E-state index >= 15 is 0 Å². The quantitative estimate of drug-likeness (QED) is 0.632. The summed E-state index contributed by atoms with van der Waals surface area (Å²) < 4.78 is 2.03. The molecular weight excluding hydrogens is 314 g/mol. The molecule has 0 amide bonds. The van der Waals surface area contributed by atoms with Crippen molar-refractivity contribution >= 4 is 28.3 Å². The molecule has 2 aromatic heterocycles. The number of unbranched alkanes of at least 4 members (excludes halogenated alkanes) is 2. The van der Waals surface area contributed by atoms with Crippen LogP contribution in [0.1, 0.15) is 45.4 Å². The molecule has 0 saturated carbocycles. The van der Waals surface area contributed by atoms with Crippen LogP contribution in [-0.4, -0.2) is 31.9 Å². The Morgan fingerprint density at radius 1 is 1.16 bits per heavy atom. The fourth-order valence-electron chi connectivity index (χ4n) is 2.94. The summed E-state index contributed by atoms with van der Waals surface area (Å²) in [5, 5.41) is 11.8. The molecule has 0 fully saturated rings. The molecule has 0 saturated heterocycles. The number of anilines is 1. The van der Waals surface area contributed by atoms with Crippen molar-refractivity contribution in [2.24, 2.45) is 5.92 Å². The zero-order valence-electron chi connectivity index (χ0n) is 15.1. The lowest BCUT2D eigenvalue weighted by Gasteiger charge is -2.09. The molecule has 132 valence electrons. The zero-order valence-corrected chi connectivity index (χ0v) is 15.1. The number of aromatic nitrogens is 4. The van der Waals surface area contributed by atoms with E-state index in [1.807, 2.05) is 49.4 Å². The van der Waals surface area contributed by atoms with Gasteiger partial charge in [0.05, 0.1) is 11.0 Å². The number of hydrogen-bond donors (Lipinski definition) is 1. The Hall–Kier alpha value is -2.50. The molecule has 0 aliphatic rings. The van der Waals surface area contributed by atoms with Crippen molar-refractivity contribution in [2.75, 3.05) is 11.9 Å². The first-order valence-electron chi connectivity index (χ1n) is 8.95. The van der Waals surface area contributed by atoms with Crippen LogP contribution >= 0.6 is 0 Å². The van der Waals surface area contributed by atoms with Gasteiger partial charge in [0.1, 0.15) is 11.6 Å². The zero-order chi connectivity index (χ0) is 17.8. The van der Waals surface area contributed by atoms with E-state index in [0.717, 1.165) is 54.1 Å². The van der Waals surface area contributed by atoms with E-state index < -0.39 is 0 Å². The SMILES string of the molecule is Cc1nnc2c(NCCCCCC(=O)C(C)C)nc3ccccc3n12. The summed E-state index contributed by atoms with van der Waals surface area (Å²) in [5.74, 6) is 2.11. The fourth-order valence-corrected chi connectivity index (χ4v) is 2.94. The van der Waals surface area contributed by atoms with Gasteiger partial charge in [0.2, 0.25) is 5.65 Å². The number of ketones is 1. The average molecular weight is 339 g/mol. The molecule has 0 bridgehead atoms. The predicted molar refractivity (Wildman–Crippen MR) is 99.8 cm³/mol. The standard InChI is InChI=1S/C19H25N5O/c1-13(2)17(25)11-5-4-8-12-20-18-19-23-22-14(3)24(19)16-10-7-6-9-15(16)21-18/h6-7,9-10,13H,4-5,8,11-12H2,1-3H3,(H,20,21). The van der Waals surface area contributed by atoms with E-state index in [1.54, 1.807) is 0 Å². The van der Waals surface area contributed by atoms with Crippen LogP contribution in [0.2, 0.25) is 0 Å². The van der Waals surface area contributed by atoms with Gasteiger partial charge < -0.3 is 5.32 Å². The molecule has 0 aliphatic carbocycles. The Balaban J connectivity index is 1.64. The van der Waals surface area contributed by atoms with E-state index in [9.17, 15) is 4.79 Å². The smallest absolute Gasteiger partial charge is 0.204 e. The van der Waals surface area contributed by atoms with E-state index in [-0.39, 0.29) is 5.92 Å². The fraction of sp³-hybridized carbons (Fsp3) is 0.474. The van der Waals surface area contributed by atoms with Crippen molar-refractivity contribution in [3.8, 4) is 0 Å². The monoisotopic (exact) mass is 339 g/mol. The Morgan fingerprint density at radius 2 is 1.96 bits per heavy atom. The minimum absolute atomic E-state index is 0.143. The van der Waals surface area contributed by atoms with Gasteiger partial charge in [-0.2, -0.15) is 0 Å². The molecule has 0 atom stereocenters. The van der Waals surface area contributed by atoms with Crippen molar-refractivity contribution in [1.29, 1.82) is 0 Å². The second-order valence-electron chi connectivity index (χ2n) is 6.71. The predicted octanol–water partition coefficient (Wildman–Crippen LogP) is 3.78. The van der Waals surface area contributed by atoms with Crippen molar-refractivity contribution < 1.29 is 4.79 Å². The molecule has 0 spiro atoms. The number of nitrogens with one attached hydrogen (secondary N) is 1. The maximum atomic E-state index is 11.6. The van der Waals surface area contributed by atoms with Crippen LogP contribution in [0.25, 0.3) is 16.7 Å². The molecule has 25 heavy (non-hydrogen) atoms. The minimum Gasteiger partial charge on any atom is -0.367 e. The van der Waals surface area contributed by atoms with Crippen molar-refractivity contribution in [1.82, 2.24) is 19.6 Å². The highest BCUT2D eigenvalue weighted by Gasteiger charge is 2.12. The topological polar surface area (TPSA) is 72.2 Å². The summed E-state index contributed by atoms with van der Waals surface area (Å²) in [4.78, 5) is 16.3. The lowest BCUT2D eigenvalue weighted by Crippen LogP contribution is -2.08. The van der Waals surface area contributed by atoms with Gasteiger partial charge in [0.25, 0.3) is 0 Å². The van der Waals surface area contributed by atoms with Crippen LogP contribution in [0, 0.1) is 12.8 Å². The van der Waals surface area contributed by atoms with Crippen LogP contribution in [0.4, 0.5) is 5.82 Å². The first-order valence-corrected chi connectivity index (χ1v) is 8.95. The highest BCUT2D eigenvalue weighted by molar-refractivity contribution is 5.82. The second-order valence-corrected chi connectivity index (χ2v) is 6.71. The number of benzene rings is 1. The lowest BCUT2D eigenvalue weighted by molar-refractivity contribution is -0.122. The average Bonchev–Trinajstić information content (AvgIpc) is 3.00. The van der Waals surface area contributed by atoms with Crippen LogP contribution in [-0.2, 0) is 4.79 Å².